The number of rotatable bonds is 6. The molecule has 0 unspecified atom stereocenters. The first kappa shape index (κ1) is 16.7. The topological polar surface area (TPSA) is 80.9 Å². The highest BCUT2D eigenvalue weighted by Crippen LogP contribution is 2.27. The normalized spacial score (nSPS) is 14.0. The van der Waals surface area contributed by atoms with Crippen molar-refractivity contribution in [2.24, 2.45) is 5.73 Å². The molecule has 5 N–H and O–H groups in total. The van der Waals surface area contributed by atoms with Gasteiger partial charge < -0.3 is 16.0 Å². The molecule has 0 amide bonds. The van der Waals surface area contributed by atoms with Gasteiger partial charge in [-0.3, -0.25) is 10.3 Å². The molecule has 2 aromatic carbocycles. The number of benzene rings is 2. The van der Waals surface area contributed by atoms with Crippen LogP contribution in [0.25, 0.3) is 10.9 Å². The predicted molar refractivity (Wildman–Crippen MR) is 106 cm³/mol. The highest BCUT2D eigenvalue weighted by molar-refractivity contribution is 5.83. The molecule has 134 valence electrons. The van der Waals surface area contributed by atoms with Crippen LogP contribution < -0.4 is 11.1 Å². The second-order valence-electron chi connectivity index (χ2n) is 7.00. The third-order valence-electron chi connectivity index (χ3n) is 5.31. The van der Waals surface area contributed by atoms with Crippen molar-refractivity contribution in [3.63, 3.8) is 0 Å². The molecule has 1 heterocycles. The lowest BCUT2D eigenvalue weighted by atomic mass is 10.1. The Bertz CT molecular complexity index is 888. The molecule has 0 spiro atoms. The van der Waals surface area contributed by atoms with Crippen LogP contribution in [0.2, 0.25) is 0 Å². The maximum atomic E-state index is 7.40. The van der Waals surface area contributed by atoms with Gasteiger partial charge in [0.1, 0.15) is 0 Å². The molecular formula is C21H25N5. The number of nitrogens with two attached hydrogens (primary N) is 1. The zero-order valence-electron chi connectivity index (χ0n) is 14.8. The highest BCUT2D eigenvalue weighted by atomic mass is 15.2. The molecule has 4 rings (SSSR count). The van der Waals surface area contributed by atoms with Crippen molar-refractivity contribution >= 4 is 16.9 Å². The summed E-state index contributed by atoms with van der Waals surface area (Å²) in [6.07, 6.45) is 4.29. The van der Waals surface area contributed by atoms with Crippen LogP contribution in [0.5, 0.6) is 0 Å². The average Bonchev–Trinajstić information content (AvgIpc) is 3.24. The summed E-state index contributed by atoms with van der Waals surface area (Å²) in [7, 11) is 0. The fourth-order valence-electron chi connectivity index (χ4n) is 4.00. The molecule has 1 aromatic heterocycles. The van der Waals surface area contributed by atoms with Crippen molar-refractivity contribution in [3.8, 4) is 0 Å². The van der Waals surface area contributed by atoms with Gasteiger partial charge in [-0.2, -0.15) is 0 Å². The van der Waals surface area contributed by atoms with Crippen LogP contribution in [0.1, 0.15) is 16.7 Å². The van der Waals surface area contributed by atoms with Crippen LogP contribution >= 0.6 is 0 Å². The standard InChI is InChI=1S/C21H25N5/c22-21(23)24-9-10-26(18-11-15-5-1-2-6-16(15)12-18)14-17-13-25-20-8-4-3-7-19(17)20/h1-8,13,18,25H,9-12,14H2,(H4,22,23,24). The molecule has 5 nitrogen and oxygen atoms in total. The minimum absolute atomic E-state index is 0.0340. The Morgan fingerprint density at radius 1 is 1.12 bits per heavy atom. The molecule has 1 aliphatic rings. The van der Waals surface area contributed by atoms with E-state index in [1.165, 1.54) is 27.6 Å². The van der Waals surface area contributed by atoms with Crippen LogP contribution in [-0.4, -0.2) is 35.0 Å². The minimum atomic E-state index is 0.0340. The van der Waals surface area contributed by atoms with Crippen molar-refractivity contribution in [3.05, 3.63) is 71.4 Å². The van der Waals surface area contributed by atoms with Gasteiger partial charge in [0.25, 0.3) is 0 Å². The van der Waals surface area contributed by atoms with E-state index in [1.807, 2.05) is 0 Å². The van der Waals surface area contributed by atoms with E-state index in [2.05, 4.69) is 69.9 Å². The summed E-state index contributed by atoms with van der Waals surface area (Å²) < 4.78 is 0. The Morgan fingerprint density at radius 3 is 2.54 bits per heavy atom. The largest absolute Gasteiger partial charge is 0.370 e. The van der Waals surface area contributed by atoms with Crippen molar-refractivity contribution in [2.45, 2.75) is 25.4 Å². The smallest absolute Gasteiger partial charge is 0.185 e. The second-order valence-corrected chi connectivity index (χ2v) is 7.00. The van der Waals surface area contributed by atoms with Gasteiger partial charge in [0.2, 0.25) is 0 Å². The van der Waals surface area contributed by atoms with E-state index in [-0.39, 0.29) is 5.96 Å². The van der Waals surface area contributed by atoms with Crippen LogP contribution in [0, 0.1) is 5.41 Å². The number of para-hydroxylation sites is 1. The van der Waals surface area contributed by atoms with Crippen molar-refractivity contribution < 1.29 is 0 Å². The number of hydrogen-bond acceptors (Lipinski definition) is 2. The third-order valence-corrected chi connectivity index (χ3v) is 5.31. The van der Waals surface area contributed by atoms with Gasteiger partial charge in [0.05, 0.1) is 0 Å². The lowest BCUT2D eigenvalue weighted by molar-refractivity contribution is 0.196. The zero-order chi connectivity index (χ0) is 17.9. The first-order chi connectivity index (χ1) is 12.7. The molecule has 1 aliphatic carbocycles. The summed E-state index contributed by atoms with van der Waals surface area (Å²) in [5, 5.41) is 11.6. The number of guanidine groups is 1. The van der Waals surface area contributed by atoms with Crippen LogP contribution in [0.3, 0.4) is 0 Å². The number of hydrogen-bond donors (Lipinski definition) is 4. The van der Waals surface area contributed by atoms with E-state index in [9.17, 15) is 0 Å². The van der Waals surface area contributed by atoms with Gasteiger partial charge >= 0.3 is 0 Å². The van der Waals surface area contributed by atoms with Crippen molar-refractivity contribution in [2.75, 3.05) is 13.1 Å². The summed E-state index contributed by atoms with van der Waals surface area (Å²) >= 11 is 0. The third kappa shape index (κ3) is 3.44. The minimum Gasteiger partial charge on any atom is -0.370 e. The Labute approximate surface area is 153 Å². The van der Waals surface area contributed by atoms with E-state index in [0.29, 0.717) is 12.6 Å². The number of nitrogens with one attached hydrogen (secondary N) is 3. The number of nitrogens with zero attached hydrogens (tertiary/aromatic N) is 1. The Hall–Kier alpha value is -2.79. The van der Waals surface area contributed by atoms with E-state index in [1.54, 1.807) is 0 Å². The predicted octanol–water partition coefficient (Wildman–Crippen LogP) is 2.62. The van der Waals surface area contributed by atoms with Gasteiger partial charge in [-0.25, -0.2) is 0 Å². The van der Waals surface area contributed by atoms with Crippen molar-refractivity contribution in [1.82, 2.24) is 15.2 Å². The van der Waals surface area contributed by atoms with Gasteiger partial charge in [0, 0.05) is 42.8 Å². The lowest BCUT2D eigenvalue weighted by Crippen LogP contribution is -2.42. The second kappa shape index (κ2) is 7.22. The molecule has 3 aromatic rings. The highest BCUT2D eigenvalue weighted by Gasteiger charge is 2.27. The van der Waals surface area contributed by atoms with Crippen LogP contribution in [0.4, 0.5) is 0 Å². The molecule has 0 saturated carbocycles. The SMILES string of the molecule is N=C(N)NCCN(Cc1c[nH]c2ccccc12)C1Cc2ccccc2C1. The molecular weight excluding hydrogens is 322 g/mol. The fraction of sp³-hybridized carbons (Fsp3) is 0.286. The van der Waals surface area contributed by atoms with Crippen LogP contribution in [-0.2, 0) is 19.4 Å². The lowest BCUT2D eigenvalue weighted by Gasteiger charge is -2.29. The number of fused-ring (bicyclic) bond motifs is 2. The molecule has 0 aliphatic heterocycles. The zero-order valence-corrected chi connectivity index (χ0v) is 14.8. The van der Waals surface area contributed by atoms with E-state index < -0.39 is 0 Å². The quantitative estimate of drug-likeness (QED) is 0.409. The van der Waals surface area contributed by atoms with E-state index in [0.717, 1.165) is 25.9 Å². The first-order valence-electron chi connectivity index (χ1n) is 9.14. The number of aromatic nitrogens is 1. The van der Waals surface area contributed by atoms with Gasteiger partial charge in [-0.15, -0.1) is 0 Å². The summed E-state index contributed by atoms with van der Waals surface area (Å²) in [5.41, 5.74) is 10.9. The summed E-state index contributed by atoms with van der Waals surface area (Å²) in [6.45, 7) is 2.44. The first-order valence-corrected chi connectivity index (χ1v) is 9.14. The average molecular weight is 347 g/mol. The molecule has 0 bridgehead atoms. The van der Waals surface area contributed by atoms with Gasteiger partial charge in [-0.05, 0) is 35.6 Å². The Balaban J connectivity index is 1.54. The maximum absolute atomic E-state index is 7.40. The van der Waals surface area contributed by atoms with E-state index in [4.69, 9.17) is 11.1 Å². The summed E-state index contributed by atoms with van der Waals surface area (Å²) in [5.74, 6) is 0.0340. The Kier molecular flexibility index (Phi) is 4.63. The maximum Gasteiger partial charge on any atom is 0.185 e. The molecule has 0 saturated heterocycles. The van der Waals surface area contributed by atoms with Gasteiger partial charge in [0.15, 0.2) is 5.96 Å². The summed E-state index contributed by atoms with van der Waals surface area (Å²) in [6, 6.07) is 17.7. The Morgan fingerprint density at radius 2 is 1.81 bits per heavy atom. The molecule has 0 fully saturated rings. The molecule has 26 heavy (non-hydrogen) atoms. The van der Waals surface area contributed by atoms with E-state index >= 15 is 0 Å². The number of H-pyrrole nitrogens is 1. The molecule has 5 heteroatoms. The number of aromatic amines is 1. The fourth-order valence-corrected chi connectivity index (χ4v) is 4.00. The summed E-state index contributed by atoms with van der Waals surface area (Å²) in [4.78, 5) is 5.90. The van der Waals surface area contributed by atoms with Gasteiger partial charge in [-0.1, -0.05) is 42.5 Å². The van der Waals surface area contributed by atoms with Crippen LogP contribution in [0.15, 0.2) is 54.7 Å². The molecule has 0 atom stereocenters. The van der Waals surface area contributed by atoms with Crippen molar-refractivity contribution in [1.29, 1.82) is 5.41 Å². The monoisotopic (exact) mass is 347 g/mol. The molecule has 0 radical (unpaired) electrons.